The predicted octanol–water partition coefficient (Wildman–Crippen LogP) is 2.09. The minimum absolute atomic E-state index is 0.161. The van der Waals surface area contributed by atoms with E-state index in [9.17, 15) is 4.79 Å². The smallest absolute Gasteiger partial charge is 0.268 e. The van der Waals surface area contributed by atoms with Gasteiger partial charge in [0.25, 0.3) is 5.56 Å². The lowest BCUT2D eigenvalue weighted by Gasteiger charge is -2.11. The van der Waals surface area contributed by atoms with Crippen LogP contribution in [0.1, 0.15) is 16.8 Å². The highest BCUT2D eigenvalue weighted by molar-refractivity contribution is 5.31. The van der Waals surface area contributed by atoms with Gasteiger partial charge in [-0.1, -0.05) is 12.1 Å². The Morgan fingerprint density at radius 1 is 1.32 bits per heavy atom. The van der Waals surface area contributed by atoms with Crippen molar-refractivity contribution in [2.75, 3.05) is 7.11 Å². The van der Waals surface area contributed by atoms with Crippen molar-refractivity contribution in [3.63, 3.8) is 0 Å². The Hall–Kier alpha value is -2.54. The molecule has 0 bridgehead atoms. The van der Waals surface area contributed by atoms with Crippen molar-refractivity contribution in [3.05, 3.63) is 63.6 Å². The summed E-state index contributed by atoms with van der Waals surface area (Å²) in [7, 11) is 1.60. The maximum absolute atomic E-state index is 12.1. The molecule has 19 heavy (non-hydrogen) atoms. The fraction of sp³-hybridized carbons (Fsp3) is 0.200. The van der Waals surface area contributed by atoms with Gasteiger partial charge in [-0.25, -0.2) is 0 Å². The minimum atomic E-state index is -0.259. The standard InChI is InChI=1S/C15H14N2O2/c1-11-6-7-13(9-16)15(18)17(11)10-12-4-3-5-14(8-12)19-2/h3-8H,10H2,1-2H3. The Bertz CT molecular complexity index is 696. The topological polar surface area (TPSA) is 55.0 Å². The Morgan fingerprint density at radius 3 is 2.79 bits per heavy atom. The Labute approximate surface area is 111 Å². The number of ether oxygens (including phenoxy) is 1. The Kier molecular flexibility index (Phi) is 3.67. The molecular weight excluding hydrogens is 240 g/mol. The molecule has 0 amide bonds. The van der Waals surface area contributed by atoms with E-state index >= 15 is 0 Å². The Morgan fingerprint density at radius 2 is 2.11 bits per heavy atom. The maximum Gasteiger partial charge on any atom is 0.268 e. The summed E-state index contributed by atoms with van der Waals surface area (Å²) in [5.41, 5.74) is 1.69. The number of nitrogens with zero attached hydrogens (tertiary/aromatic N) is 2. The maximum atomic E-state index is 12.1. The van der Waals surface area contributed by atoms with E-state index in [1.807, 2.05) is 37.3 Å². The highest BCUT2D eigenvalue weighted by Gasteiger charge is 2.06. The van der Waals surface area contributed by atoms with Crippen molar-refractivity contribution in [2.45, 2.75) is 13.5 Å². The van der Waals surface area contributed by atoms with E-state index in [1.54, 1.807) is 23.8 Å². The van der Waals surface area contributed by atoms with Gasteiger partial charge in [0.05, 0.1) is 13.7 Å². The molecule has 0 radical (unpaired) electrons. The van der Waals surface area contributed by atoms with Crippen LogP contribution in [0.4, 0.5) is 0 Å². The van der Waals surface area contributed by atoms with Gasteiger partial charge in [-0.15, -0.1) is 0 Å². The second-order valence-electron chi connectivity index (χ2n) is 4.24. The van der Waals surface area contributed by atoms with Crippen LogP contribution < -0.4 is 10.3 Å². The molecule has 0 spiro atoms. The molecule has 96 valence electrons. The van der Waals surface area contributed by atoms with E-state index in [2.05, 4.69) is 0 Å². The van der Waals surface area contributed by atoms with Gasteiger partial charge in [-0.05, 0) is 36.8 Å². The summed E-state index contributed by atoms with van der Waals surface area (Å²) < 4.78 is 6.75. The van der Waals surface area contributed by atoms with E-state index < -0.39 is 0 Å². The van der Waals surface area contributed by atoms with Gasteiger partial charge >= 0.3 is 0 Å². The molecule has 1 aromatic heterocycles. The first-order valence-electron chi connectivity index (χ1n) is 5.89. The number of aromatic nitrogens is 1. The number of methoxy groups -OCH3 is 1. The van der Waals surface area contributed by atoms with Crippen LogP contribution in [0.3, 0.4) is 0 Å². The summed E-state index contributed by atoms with van der Waals surface area (Å²) >= 11 is 0. The van der Waals surface area contributed by atoms with Gasteiger partial charge in [0.15, 0.2) is 0 Å². The summed E-state index contributed by atoms with van der Waals surface area (Å²) in [6.07, 6.45) is 0. The summed E-state index contributed by atoms with van der Waals surface area (Å²) in [5, 5.41) is 8.90. The lowest BCUT2D eigenvalue weighted by Crippen LogP contribution is -2.24. The summed E-state index contributed by atoms with van der Waals surface area (Å²) in [6.45, 7) is 2.28. The molecule has 0 saturated heterocycles. The first kappa shape index (κ1) is 12.9. The third-order valence-electron chi connectivity index (χ3n) is 2.99. The van der Waals surface area contributed by atoms with E-state index in [1.165, 1.54) is 0 Å². The van der Waals surface area contributed by atoms with Crippen LogP contribution in [0.25, 0.3) is 0 Å². The largest absolute Gasteiger partial charge is 0.497 e. The first-order chi connectivity index (χ1) is 9.15. The molecule has 0 saturated carbocycles. The third kappa shape index (κ3) is 2.66. The summed E-state index contributed by atoms with van der Waals surface area (Å²) in [6, 6.07) is 12.8. The molecule has 1 heterocycles. The number of benzene rings is 1. The zero-order chi connectivity index (χ0) is 13.8. The summed E-state index contributed by atoms with van der Waals surface area (Å²) in [4.78, 5) is 12.1. The molecule has 4 nitrogen and oxygen atoms in total. The number of aryl methyl sites for hydroxylation is 1. The second kappa shape index (κ2) is 5.40. The van der Waals surface area contributed by atoms with E-state index in [0.29, 0.717) is 6.54 Å². The number of pyridine rings is 1. The highest BCUT2D eigenvalue weighted by atomic mass is 16.5. The molecule has 0 aliphatic carbocycles. The lowest BCUT2D eigenvalue weighted by molar-refractivity contribution is 0.414. The molecule has 0 fully saturated rings. The van der Waals surface area contributed by atoms with Crippen molar-refractivity contribution in [2.24, 2.45) is 0 Å². The van der Waals surface area contributed by atoms with Crippen LogP contribution in [-0.2, 0) is 6.54 Å². The number of hydrogen-bond acceptors (Lipinski definition) is 3. The molecule has 0 unspecified atom stereocenters. The zero-order valence-corrected chi connectivity index (χ0v) is 10.9. The normalized spacial score (nSPS) is 9.95. The van der Waals surface area contributed by atoms with Gasteiger partial charge in [-0.3, -0.25) is 4.79 Å². The van der Waals surface area contributed by atoms with Gasteiger partial charge in [0.2, 0.25) is 0 Å². The molecule has 4 heteroatoms. The fourth-order valence-electron chi connectivity index (χ4n) is 1.91. The van der Waals surface area contributed by atoms with E-state index in [4.69, 9.17) is 10.00 Å². The van der Waals surface area contributed by atoms with Gasteiger partial charge < -0.3 is 9.30 Å². The van der Waals surface area contributed by atoms with Crippen LogP contribution in [0.15, 0.2) is 41.2 Å². The molecule has 1 aromatic carbocycles. The van der Waals surface area contributed by atoms with Crippen LogP contribution in [-0.4, -0.2) is 11.7 Å². The third-order valence-corrected chi connectivity index (χ3v) is 2.99. The quantitative estimate of drug-likeness (QED) is 0.842. The first-order valence-corrected chi connectivity index (χ1v) is 5.89. The summed E-state index contributed by atoms with van der Waals surface area (Å²) in [5.74, 6) is 0.750. The van der Waals surface area contributed by atoms with Crippen molar-refractivity contribution >= 4 is 0 Å². The molecule has 0 aliphatic rings. The molecule has 2 aromatic rings. The highest BCUT2D eigenvalue weighted by Crippen LogP contribution is 2.13. The zero-order valence-electron chi connectivity index (χ0n) is 10.9. The number of rotatable bonds is 3. The number of nitriles is 1. The SMILES string of the molecule is COc1cccc(Cn2c(C)ccc(C#N)c2=O)c1. The van der Waals surface area contributed by atoms with Crippen molar-refractivity contribution in [3.8, 4) is 11.8 Å². The van der Waals surface area contributed by atoms with E-state index in [-0.39, 0.29) is 11.1 Å². The van der Waals surface area contributed by atoms with Gasteiger partial charge in [0.1, 0.15) is 17.4 Å². The minimum Gasteiger partial charge on any atom is -0.497 e. The predicted molar refractivity (Wildman–Crippen MR) is 72.3 cm³/mol. The van der Waals surface area contributed by atoms with Crippen LogP contribution >= 0.6 is 0 Å². The molecule has 2 rings (SSSR count). The average molecular weight is 254 g/mol. The van der Waals surface area contributed by atoms with Crippen LogP contribution in [0.5, 0.6) is 5.75 Å². The van der Waals surface area contributed by atoms with Gasteiger partial charge in [-0.2, -0.15) is 5.26 Å². The Balaban J connectivity index is 2.43. The average Bonchev–Trinajstić information content (AvgIpc) is 2.44. The molecule has 0 atom stereocenters. The molecular formula is C15H14N2O2. The van der Waals surface area contributed by atoms with Gasteiger partial charge in [0, 0.05) is 5.69 Å². The van der Waals surface area contributed by atoms with Crippen molar-refractivity contribution < 1.29 is 4.74 Å². The molecule has 0 aliphatic heterocycles. The monoisotopic (exact) mass is 254 g/mol. The fourth-order valence-corrected chi connectivity index (χ4v) is 1.91. The van der Waals surface area contributed by atoms with Crippen molar-refractivity contribution in [1.29, 1.82) is 5.26 Å². The van der Waals surface area contributed by atoms with Crippen LogP contribution in [0, 0.1) is 18.3 Å². The second-order valence-corrected chi connectivity index (χ2v) is 4.24. The number of hydrogen-bond donors (Lipinski definition) is 0. The van der Waals surface area contributed by atoms with Crippen molar-refractivity contribution in [1.82, 2.24) is 4.57 Å². The van der Waals surface area contributed by atoms with Crippen LogP contribution in [0.2, 0.25) is 0 Å². The molecule has 0 N–H and O–H groups in total. The lowest BCUT2D eigenvalue weighted by atomic mass is 10.2. The van der Waals surface area contributed by atoms with E-state index in [0.717, 1.165) is 17.0 Å².